The van der Waals surface area contributed by atoms with Crippen molar-refractivity contribution in [1.29, 1.82) is 0 Å². The van der Waals surface area contributed by atoms with Crippen LogP contribution < -0.4 is 10.6 Å². The highest BCUT2D eigenvalue weighted by molar-refractivity contribution is 5.05. The van der Waals surface area contributed by atoms with Crippen molar-refractivity contribution < 1.29 is 0 Å². The lowest BCUT2D eigenvalue weighted by molar-refractivity contribution is 0.179. The molecule has 1 aliphatic heterocycles. The number of likely N-dealkylation sites (N-methyl/N-ethyl adjacent to an activating group) is 1. The average molecular weight is 446 g/mol. The standard InChI is InChI=1S/C27H51N5/c1-9-11-25(7)28-14-15-29-26(8)12-13-27(24(5)6)32-20-18-30(10-2)16-17-31(19-21-32)22-23(3)4/h27-29H,3,5,7-22H2,1-2,4,6H3. The molecule has 0 aliphatic carbocycles. The van der Waals surface area contributed by atoms with Crippen molar-refractivity contribution in [2.75, 3.05) is 65.4 Å². The average Bonchev–Trinajstić information content (AvgIpc) is 2.82. The first-order chi connectivity index (χ1) is 15.3. The van der Waals surface area contributed by atoms with Gasteiger partial charge in [-0.1, -0.05) is 57.7 Å². The Hall–Kier alpha value is -1.56. The van der Waals surface area contributed by atoms with Gasteiger partial charge in [0.2, 0.25) is 0 Å². The Morgan fingerprint density at radius 2 is 1.31 bits per heavy atom. The highest BCUT2D eigenvalue weighted by Gasteiger charge is 2.22. The smallest absolute Gasteiger partial charge is 0.0317 e. The summed E-state index contributed by atoms with van der Waals surface area (Å²) in [7, 11) is 0. The van der Waals surface area contributed by atoms with Gasteiger partial charge >= 0.3 is 0 Å². The maximum absolute atomic E-state index is 4.35. The fourth-order valence-corrected chi connectivity index (χ4v) is 4.33. The van der Waals surface area contributed by atoms with Crippen LogP contribution in [0.5, 0.6) is 0 Å². The number of nitrogens with zero attached hydrogens (tertiary/aromatic N) is 3. The van der Waals surface area contributed by atoms with Gasteiger partial charge in [-0.15, -0.1) is 0 Å². The van der Waals surface area contributed by atoms with Gasteiger partial charge < -0.3 is 15.5 Å². The van der Waals surface area contributed by atoms with Crippen molar-refractivity contribution in [3.05, 3.63) is 48.9 Å². The maximum Gasteiger partial charge on any atom is 0.0317 e. The number of hydrogen-bond donors (Lipinski definition) is 2. The van der Waals surface area contributed by atoms with Gasteiger partial charge in [0.25, 0.3) is 0 Å². The van der Waals surface area contributed by atoms with Gasteiger partial charge in [0, 0.05) is 76.3 Å². The Balaban J connectivity index is 2.60. The molecule has 2 N–H and O–H groups in total. The molecule has 1 aliphatic rings. The van der Waals surface area contributed by atoms with Gasteiger partial charge in [0.05, 0.1) is 0 Å². The minimum Gasteiger partial charge on any atom is -0.387 e. The molecule has 1 rings (SSSR count). The van der Waals surface area contributed by atoms with E-state index >= 15 is 0 Å². The molecule has 0 aromatic carbocycles. The highest BCUT2D eigenvalue weighted by Crippen LogP contribution is 2.18. The van der Waals surface area contributed by atoms with Gasteiger partial charge in [-0.05, 0) is 39.7 Å². The predicted octanol–water partition coefficient (Wildman–Crippen LogP) is 4.23. The molecule has 32 heavy (non-hydrogen) atoms. The first-order valence-electron chi connectivity index (χ1n) is 12.6. The van der Waals surface area contributed by atoms with Gasteiger partial charge in [0.1, 0.15) is 0 Å². The summed E-state index contributed by atoms with van der Waals surface area (Å²) in [6.45, 7) is 36.1. The highest BCUT2D eigenvalue weighted by atomic mass is 15.3. The van der Waals surface area contributed by atoms with Crippen molar-refractivity contribution in [3.8, 4) is 0 Å². The van der Waals surface area contributed by atoms with Crippen LogP contribution in [0.4, 0.5) is 0 Å². The van der Waals surface area contributed by atoms with E-state index in [1.54, 1.807) is 0 Å². The van der Waals surface area contributed by atoms with E-state index in [4.69, 9.17) is 0 Å². The van der Waals surface area contributed by atoms with Crippen LogP contribution in [0.15, 0.2) is 48.9 Å². The molecule has 0 aromatic heterocycles. The molecule has 1 fully saturated rings. The summed E-state index contributed by atoms with van der Waals surface area (Å²) in [5, 5.41) is 6.87. The molecule has 0 aromatic rings. The second-order valence-corrected chi connectivity index (χ2v) is 9.41. The Labute approximate surface area is 199 Å². The van der Waals surface area contributed by atoms with Crippen molar-refractivity contribution in [3.63, 3.8) is 0 Å². The predicted molar refractivity (Wildman–Crippen MR) is 142 cm³/mol. The van der Waals surface area contributed by atoms with Crippen molar-refractivity contribution >= 4 is 0 Å². The Morgan fingerprint density at radius 1 is 0.781 bits per heavy atom. The van der Waals surface area contributed by atoms with E-state index in [2.05, 4.69) is 79.3 Å². The van der Waals surface area contributed by atoms with Crippen LogP contribution in [0.2, 0.25) is 0 Å². The van der Waals surface area contributed by atoms with Crippen LogP contribution in [0.3, 0.4) is 0 Å². The summed E-state index contributed by atoms with van der Waals surface area (Å²) in [5.74, 6) is 0. The molecular formula is C27H51N5. The van der Waals surface area contributed by atoms with Crippen LogP contribution in [0.25, 0.3) is 0 Å². The molecule has 0 amide bonds. The molecular weight excluding hydrogens is 394 g/mol. The van der Waals surface area contributed by atoms with Gasteiger partial charge in [0.15, 0.2) is 0 Å². The molecule has 1 saturated heterocycles. The molecule has 1 heterocycles. The molecule has 0 radical (unpaired) electrons. The minimum atomic E-state index is 0.388. The summed E-state index contributed by atoms with van der Waals surface area (Å²) in [6.07, 6.45) is 4.20. The number of nitrogens with one attached hydrogen (secondary N) is 2. The van der Waals surface area contributed by atoms with Gasteiger partial charge in [-0.3, -0.25) is 9.80 Å². The topological polar surface area (TPSA) is 33.8 Å². The van der Waals surface area contributed by atoms with Crippen LogP contribution in [0, 0.1) is 0 Å². The van der Waals surface area contributed by atoms with E-state index < -0.39 is 0 Å². The van der Waals surface area contributed by atoms with E-state index in [1.165, 1.54) is 11.1 Å². The van der Waals surface area contributed by atoms with E-state index in [9.17, 15) is 0 Å². The third-order valence-electron chi connectivity index (χ3n) is 6.24. The van der Waals surface area contributed by atoms with Crippen molar-refractivity contribution in [1.82, 2.24) is 25.3 Å². The molecule has 1 atom stereocenters. The summed E-state index contributed by atoms with van der Waals surface area (Å²) in [6, 6.07) is 0.388. The Morgan fingerprint density at radius 3 is 1.84 bits per heavy atom. The van der Waals surface area contributed by atoms with E-state index in [1.807, 2.05) is 0 Å². The number of allylic oxidation sites excluding steroid dienone is 2. The van der Waals surface area contributed by atoms with Crippen molar-refractivity contribution in [2.24, 2.45) is 0 Å². The normalized spacial score (nSPS) is 17.6. The largest absolute Gasteiger partial charge is 0.387 e. The summed E-state index contributed by atoms with van der Waals surface area (Å²) in [5.41, 5.74) is 4.73. The second kappa shape index (κ2) is 16.1. The SMILES string of the molecule is C=C(C)CN1CCN(CC)CCN(C(CCC(=C)NCCNC(=C)CCC)C(=C)C)CC1. The summed E-state index contributed by atoms with van der Waals surface area (Å²) >= 11 is 0. The Bertz CT molecular complexity index is 597. The number of rotatable bonds is 15. The van der Waals surface area contributed by atoms with Crippen molar-refractivity contribution in [2.45, 2.75) is 59.4 Å². The lowest BCUT2D eigenvalue weighted by Gasteiger charge is -2.34. The zero-order valence-electron chi connectivity index (χ0n) is 21.6. The van der Waals surface area contributed by atoms with Crippen LogP contribution in [-0.2, 0) is 0 Å². The van der Waals surface area contributed by atoms with E-state index in [-0.39, 0.29) is 0 Å². The quantitative estimate of drug-likeness (QED) is 0.291. The molecule has 0 spiro atoms. The van der Waals surface area contributed by atoms with Crippen LogP contribution in [-0.4, -0.2) is 86.2 Å². The first kappa shape index (κ1) is 28.5. The van der Waals surface area contributed by atoms with Crippen LogP contribution in [0.1, 0.15) is 53.4 Å². The first-order valence-corrected chi connectivity index (χ1v) is 12.6. The van der Waals surface area contributed by atoms with E-state index in [0.29, 0.717) is 6.04 Å². The second-order valence-electron chi connectivity index (χ2n) is 9.41. The zero-order chi connectivity index (χ0) is 23.9. The lowest BCUT2D eigenvalue weighted by Crippen LogP contribution is -2.43. The van der Waals surface area contributed by atoms with Gasteiger partial charge in [-0.25, -0.2) is 0 Å². The molecule has 184 valence electrons. The monoisotopic (exact) mass is 445 g/mol. The van der Waals surface area contributed by atoms with Crippen LogP contribution >= 0.6 is 0 Å². The number of hydrogen-bond acceptors (Lipinski definition) is 5. The Kier molecular flexibility index (Phi) is 14.3. The van der Waals surface area contributed by atoms with E-state index in [0.717, 1.165) is 103 Å². The third kappa shape index (κ3) is 11.9. The fourth-order valence-electron chi connectivity index (χ4n) is 4.33. The molecule has 5 heteroatoms. The summed E-state index contributed by atoms with van der Waals surface area (Å²) in [4.78, 5) is 7.77. The lowest BCUT2D eigenvalue weighted by atomic mass is 10.0. The molecule has 5 nitrogen and oxygen atoms in total. The molecule has 1 unspecified atom stereocenters. The molecule has 0 saturated carbocycles. The fraction of sp³-hybridized carbons (Fsp3) is 0.704. The zero-order valence-corrected chi connectivity index (χ0v) is 21.6. The maximum atomic E-state index is 4.35. The minimum absolute atomic E-state index is 0.388. The molecule has 0 bridgehead atoms. The third-order valence-corrected chi connectivity index (χ3v) is 6.24. The summed E-state index contributed by atoms with van der Waals surface area (Å²) < 4.78 is 0. The van der Waals surface area contributed by atoms with Gasteiger partial charge in [-0.2, -0.15) is 0 Å².